The number of aliphatic hydroxyl groups excluding tert-OH is 1. The zero-order chi connectivity index (χ0) is 26.4. The summed E-state index contributed by atoms with van der Waals surface area (Å²) in [4.78, 5) is 0. The molecule has 2 rings (SSSR count). The van der Waals surface area contributed by atoms with E-state index in [4.69, 9.17) is 43.0 Å². The fourth-order valence-corrected chi connectivity index (χ4v) is 3.32. The van der Waals surface area contributed by atoms with Crippen molar-refractivity contribution in [2.75, 3.05) is 93.5 Å². The summed E-state index contributed by atoms with van der Waals surface area (Å²) in [5.74, 6) is 2.40. The number of ether oxygens (including phenoxy) is 8. The maximum atomic E-state index is 8.59. The van der Waals surface area contributed by atoms with Crippen LogP contribution in [0.4, 0.5) is 0 Å². The molecule has 0 aliphatic rings. The van der Waals surface area contributed by atoms with Gasteiger partial charge in [0.2, 0.25) is 0 Å². The summed E-state index contributed by atoms with van der Waals surface area (Å²) in [5.41, 5.74) is 2.40. The molecule has 0 aliphatic heterocycles. The van der Waals surface area contributed by atoms with E-state index in [0.717, 1.165) is 35.7 Å². The van der Waals surface area contributed by atoms with Crippen molar-refractivity contribution in [3.05, 3.63) is 53.6 Å². The Kier molecular flexibility index (Phi) is 17.2. The molecule has 0 aromatic heterocycles. The molecule has 0 amide bonds. The minimum atomic E-state index is 0.0270. The molecule has 9 heteroatoms. The number of hydrogen-bond donors (Lipinski definition) is 1. The highest BCUT2D eigenvalue weighted by atomic mass is 16.6. The lowest BCUT2D eigenvalue weighted by atomic mass is 10.0. The molecule has 0 unspecified atom stereocenters. The van der Waals surface area contributed by atoms with Crippen LogP contribution >= 0.6 is 0 Å². The van der Waals surface area contributed by atoms with Crippen molar-refractivity contribution in [2.24, 2.45) is 0 Å². The van der Waals surface area contributed by atoms with Gasteiger partial charge in [-0.1, -0.05) is 12.1 Å². The molecule has 0 saturated carbocycles. The molecule has 2 aromatic rings. The quantitative estimate of drug-likeness (QED) is 0.221. The lowest BCUT2D eigenvalue weighted by Crippen LogP contribution is -2.14. The number of aliphatic hydroxyl groups is 1. The normalized spacial score (nSPS) is 11.0. The Morgan fingerprint density at radius 1 is 0.486 bits per heavy atom. The molecule has 0 fully saturated rings. The zero-order valence-electron chi connectivity index (χ0n) is 22.2. The van der Waals surface area contributed by atoms with Crippen molar-refractivity contribution in [3.63, 3.8) is 0 Å². The Morgan fingerprint density at radius 2 is 0.946 bits per heavy atom. The third-order valence-corrected chi connectivity index (χ3v) is 5.26. The van der Waals surface area contributed by atoms with Crippen LogP contribution in [0.25, 0.3) is 0 Å². The molecule has 0 heterocycles. The average Bonchev–Trinajstić information content (AvgIpc) is 2.93. The fraction of sp³-hybridized carbons (Fsp3) is 0.571. The van der Waals surface area contributed by atoms with Gasteiger partial charge in [-0.05, 0) is 48.2 Å². The van der Waals surface area contributed by atoms with Gasteiger partial charge >= 0.3 is 0 Å². The fourth-order valence-electron chi connectivity index (χ4n) is 3.32. The number of hydrogen-bond acceptors (Lipinski definition) is 9. The van der Waals surface area contributed by atoms with E-state index in [0.29, 0.717) is 72.7 Å². The van der Waals surface area contributed by atoms with E-state index in [1.165, 1.54) is 5.56 Å². The minimum absolute atomic E-state index is 0.0270. The van der Waals surface area contributed by atoms with Gasteiger partial charge in [0.25, 0.3) is 0 Å². The highest BCUT2D eigenvalue weighted by Gasteiger charge is 2.05. The maximum absolute atomic E-state index is 8.59. The van der Waals surface area contributed by atoms with E-state index in [9.17, 15) is 0 Å². The third-order valence-electron chi connectivity index (χ3n) is 5.26. The lowest BCUT2D eigenvalue weighted by molar-refractivity contribution is -0.0146. The van der Waals surface area contributed by atoms with E-state index in [1.54, 1.807) is 14.2 Å². The molecule has 0 bridgehead atoms. The SMILES string of the molecule is COc1ccc(CCc2cc(OC)cc(OCCOCCOCCOCCOCCOCCO)c2)cc1. The van der Waals surface area contributed by atoms with Crippen LogP contribution in [0.15, 0.2) is 42.5 Å². The summed E-state index contributed by atoms with van der Waals surface area (Å²) in [6, 6.07) is 14.1. The van der Waals surface area contributed by atoms with Gasteiger partial charge in [0.1, 0.15) is 23.9 Å². The zero-order valence-corrected chi connectivity index (χ0v) is 22.2. The number of aryl methyl sites for hydroxylation is 2. The van der Waals surface area contributed by atoms with Crippen LogP contribution in [0.2, 0.25) is 0 Å². The summed E-state index contributed by atoms with van der Waals surface area (Å²) in [7, 11) is 3.33. The van der Waals surface area contributed by atoms with E-state index in [1.807, 2.05) is 30.3 Å². The first-order valence-corrected chi connectivity index (χ1v) is 12.7. The Labute approximate surface area is 220 Å². The molecular formula is C28H42O9. The first-order valence-electron chi connectivity index (χ1n) is 12.7. The van der Waals surface area contributed by atoms with Gasteiger partial charge in [-0.25, -0.2) is 0 Å². The van der Waals surface area contributed by atoms with Crippen LogP contribution < -0.4 is 14.2 Å². The molecule has 0 atom stereocenters. The number of benzene rings is 2. The first kappa shape index (κ1) is 30.8. The van der Waals surface area contributed by atoms with E-state index in [-0.39, 0.29) is 6.61 Å². The van der Waals surface area contributed by atoms with Crippen molar-refractivity contribution in [3.8, 4) is 17.2 Å². The molecule has 0 spiro atoms. The Hall–Kier alpha value is -2.40. The Morgan fingerprint density at radius 3 is 1.46 bits per heavy atom. The van der Waals surface area contributed by atoms with Crippen LogP contribution in [0.5, 0.6) is 17.2 Å². The lowest BCUT2D eigenvalue weighted by Gasteiger charge is -2.12. The standard InChI is InChI=1S/C28H42O9/c1-30-26-7-5-24(6-8-26)3-4-25-21-27(31-2)23-28(22-25)37-20-19-36-18-17-35-16-15-34-14-13-33-12-11-32-10-9-29/h5-8,21-23,29H,3-4,9-20H2,1-2H3. The van der Waals surface area contributed by atoms with Gasteiger partial charge in [0, 0.05) is 6.07 Å². The molecule has 2 aromatic carbocycles. The summed E-state index contributed by atoms with van der Waals surface area (Å²) in [5, 5.41) is 8.59. The van der Waals surface area contributed by atoms with Crippen LogP contribution in [-0.4, -0.2) is 98.6 Å². The average molecular weight is 523 g/mol. The second kappa shape index (κ2) is 20.6. The monoisotopic (exact) mass is 522 g/mol. The largest absolute Gasteiger partial charge is 0.497 e. The van der Waals surface area contributed by atoms with E-state index in [2.05, 4.69) is 12.1 Å². The summed E-state index contributed by atoms with van der Waals surface area (Å²) >= 11 is 0. The van der Waals surface area contributed by atoms with Crippen LogP contribution in [-0.2, 0) is 36.5 Å². The predicted octanol–water partition coefficient (Wildman–Crippen LogP) is 2.94. The topological polar surface area (TPSA) is 94.1 Å². The smallest absolute Gasteiger partial charge is 0.123 e. The second-order valence-electron chi connectivity index (χ2n) is 8.00. The molecule has 0 aliphatic carbocycles. The predicted molar refractivity (Wildman–Crippen MR) is 140 cm³/mol. The highest BCUT2D eigenvalue weighted by molar-refractivity contribution is 5.39. The molecular weight excluding hydrogens is 480 g/mol. The van der Waals surface area contributed by atoms with Crippen molar-refractivity contribution < 1.29 is 43.0 Å². The van der Waals surface area contributed by atoms with Gasteiger partial charge in [-0.15, -0.1) is 0 Å². The van der Waals surface area contributed by atoms with Crippen LogP contribution in [0, 0.1) is 0 Å². The van der Waals surface area contributed by atoms with Crippen molar-refractivity contribution in [1.82, 2.24) is 0 Å². The molecule has 9 nitrogen and oxygen atoms in total. The van der Waals surface area contributed by atoms with Gasteiger partial charge < -0.3 is 43.0 Å². The van der Waals surface area contributed by atoms with E-state index >= 15 is 0 Å². The third kappa shape index (κ3) is 14.8. The van der Waals surface area contributed by atoms with Gasteiger partial charge in [-0.2, -0.15) is 0 Å². The summed E-state index contributed by atoms with van der Waals surface area (Å²) < 4.78 is 43.5. The van der Waals surface area contributed by atoms with Crippen molar-refractivity contribution in [2.45, 2.75) is 12.8 Å². The van der Waals surface area contributed by atoms with Gasteiger partial charge in [0.15, 0.2) is 0 Å². The Bertz CT molecular complexity index is 814. The van der Waals surface area contributed by atoms with Crippen LogP contribution in [0.1, 0.15) is 11.1 Å². The Balaban J connectivity index is 1.49. The molecule has 37 heavy (non-hydrogen) atoms. The van der Waals surface area contributed by atoms with Crippen molar-refractivity contribution in [1.29, 1.82) is 0 Å². The minimum Gasteiger partial charge on any atom is -0.497 e. The summed E-state index contributed by atoms with van der Waals surface area (Å²) in [6.45, 7) is 5.24. The second-order valence-corrected chi connectivity index (χ2v) is 8.00. The van der Waals surface area contributed by atoms with E-state index < -0.39 is 0 Å². The van der Waals surface area contributed by atoms with Crippen molar-refractivity contribution >= 4 is 0 Å². The van der Waals surface area contributed by atoms with Gasteiger partial charge in [-0.3, -0.25) is 0 Å². The molecule has 0 saturated heterocycles. The van der Waals surface area contributed by atoms with Crippen LogP contribution in [0.3, 0.4) is 0 Å². The molecule has 208 valence electrons. The maximum Gasteiger partial charge on any atom is 0.123 e. The van der Waals surface area contributed by atoms with Gasteiger partial charge in [0.05, 0.1) is 86.9 Å². The summed E-state index contributed by atoms with van der Waals surface area (Å²) in [6.07, 6.45) is 1.80. The molecule has 1 N–H and O–H groups in total. The number of methoxy groups -OCH3 is 2. The molecule has 0 radical (unpaired) electrons. The first-order chi connectivity index (χ1) is 18.2. The number of rotatable bonds is 23. The highest BCUT2D eigenvalue weighted by Crippen LogP contribution is 2.24.